The number of ether oxygens (including phenoxy) is 1. The molecule has 0 atom stereocenters. The van der Waals surface area contributed by atoms with Crippen LogP contribution in [0.2, 0.25) is 0 Å². The molecule has 0 aliphatic heterocycles. The minimum absolute atomic E-state index is 0.198. The molecular formula is C30H35N5O9-4. The average Bonchev–Trinajstić information content (AvgIpc) is 2.92. The number of aliphatic carboxylic acids is 4. The van der Waals surface area contributed by atoms with Crippen LogP contribution >= 0.6 is 0 Å². The van der Waals surface area contributed by atoms with Gasteiger partial charge in [-0.3, -0.25) is 14.8 Å². The lowest BCUT2D eigenvalue weighted by atomic mass is 10.1. The molecule has 0 unspecified atom stereocenters. The van der Waals surface area contributed by atoms with Crippen molar-refractivity contribution in [2.75, 3.05) is 57.3 Å². The summed E-state index contributed by atoms with van der Waals surface area (Å²) in [5.74, 6) is 0.686. The van der Waals surface area contributed by atoms with Crippen LogP contribution in [0.25, 0.3) is 0 Å². The van der Waals surface area contributed by atoms with Gasteiger partial charge in [-0.25, -0.2) is 0 Å². The number of hydrogen-bond donors (Lipinski definition) is 1. The maximum Gasteiger partial charge on any atom is 0.142 e. The first kappa shape index (κ1) is 35.5. The predicted molar refractivity (Wildman–Crippen MR) is 150 cm³/mol. The Hall–Kier alpha value is -4.71. The lowest BCUT2D eigenvalue weighted by Gasteiger charge is -2.25. The first-order valence-corrected chi connectivity index (χ1v) is 13.9. The van der Waals surface area contributed by atoms with E-state index in [1.807, 2.05) is 26.0 Å². The van der Waals surface area contributed by atoms with Gasteiger partial charge in [-0.05, 0) is 57.1 Å². The van der Waals surface area contributed by atoms with E-state index < -0.39 is 50.1 Å². The number of nitrogens with zero attached hydrogens (tertiary/aromatic N) is 4. The molecule has 0 aliphatic rings. The Bertz CT molecular complexity index is 1280. The highest BCUT2D eigenvalue weighted by atomic mass is 16.5. The standard InChI is InChI=1S/C30H39N5O9/c1-3-35(4-2)25-14-21(8-9-26(25)44-11-5-10-31)6-7-22-12-23(15-33(17-27(36)37)18-28(38)39)32-24(13-22)16-34(19-29(40)41)20-30(42)43/h8-9,12-14H,3-5,10-11,15-20,31H2,1-2H3,(H,36,37)(H,38,39)(H,40,41)(H,42,43)/p-4. The van der Waals surface area contributed by atoms with Crippen molar-refractivity contribution in [3.63, 3.8) is 0 Å². The van der Waals surface area contributed by atoms with Crippen LogP contribution in [0.4, 0.5) is 5.69 Å². The molecule has 0 aliphatic carbocycles. The summed E-state index contributed by atoms with van der Waals surface area (Å²) in [5.41, 5.74) is 7.84. The van der Waals surface area contributed by atoms with E-state index in [2.05, 4.69) is 21.7 Å². The van der Waals surface area contributed by atoms with Gasteiger partial charge in [-0.1, -0.05) is 11.8 Å². The molecule has 1 aromatic carbocycles. The molecule has 0 radical (unpaired) electrons. The van der Waals surface area contributed by atoms with Gasteiger partial charge in [0.25, 0.3) is 0 Å². The summed E-state index contributed by atoms with van der Waals surface area (Å²) in [6, 6.07) is 8.51. The number of rotatable bonds is 19. The SMILES string of the molecule is CCN(CC)c1cc(C#Cc2cc(CN(CC(=O)[O-])CC(=O)[O-])nc(CN(CC(=O)[O-])CC(=O)[O-])c2)ccc1OCCCN. The number of carboxylic acids is 4. The van der Waals surface area contributed by atoms with Gasteiger partial charge in [-0.15, -0.1) is 0 Å². The third kappa shape index (κ3) is 12.7. The quantitative estimate of drug-likeness (QED) is 0.118. The lowest BCUT2D eigenvalue weighted by molar-refractivity contribution is -0.313. The number of pyridine rings is 1. The second kappa shape index (κ2) is 18.1. The highest BCUT2D eigenvalue weighted by Gasteiger charge is 2.14. The Balaban J connectivity index is 2.54. The molecule has 238 valence electrons. The Morgan fingerprint density at radius 2 is 1.25 bits per heavy atom. The number of benzene rings is 1. The van der Waals surface area contributed by atoms with E-state index in [-0.39, 0.29) is 24.5 Å². The van der Waals surface area contributed by atoms with Crippen molar-refractivity contribution >= 4 is 29.6 Å². The summed E-state index contributed by atoms with van der Waals surface area (Å²) >= 11 is 0. The zero-order valence-corrected chi connectivity index (χ0v) is 24.7. The summed E-state index contributed by atoms with van der Waals surface area (Å²) in [6.45, 7) is 3.01. The lowest BCUT2D eigenvalue weighted by Crippen LogP contribution is -2.44. The van der Waals surface area contributed by atoms with Crippen LogP contribution in [0.5, 0.6) is 5.75 Å². The first-order valence-electron chi connectivity index (χ1n) is 13.9. The minimum Gasteiger partial charge on any atom is -0.549 e. The van der Waals surface area contributed by atoms with E-state index in [9.17, 15) is 39.6 Å². The number of hydrogen-bond acceptors (Lipinski definition) is 14. The van der Waals surface area contributed by atoms with Crippen molar-refractivity contribution in [1.29, 1.82) is 0 Å². The summed E-state index contributed by atoms with van der Waals surface area (Å²) in [4.78, 5) is 53.3. The van der Waals surface area contributed by atoms with Crippen molar-refractivity contribution in [1.82, 2.24) is 14.8 Å². The van der Waals surface area contributed by atoms with Crippen LogP contribution in [-0.2, 0) is 32.3 Å². The summed E-state index contributed by atoms with van der Waals surface area (Å²) in [5, 5.41) is 44.7. The molecule has 14 nitrogen and oxygen atoms in total. The van der Waals surface area contributed by atoms with Gasteiger partial charge in [0.15, 0.2) is 0 Å². The van der Waals surface area contributed by atoms with Crippen LogP contribution < -0.4 is 35.8 Å². The summed E-state index contributed by atoms with van der Waals surface area (Å²) in [7, 11) is 0. The third-order valence-corrected chi connectivity index (χ3v) is 6.13. The molecule has 0 fully saturated rings. The van der Waals surface area contributed by atoms with Gasteiger partial charge >= 0.3 is 0 Å². The third-order valence-electron chi connectivity index (χ3n) is 6.13. The molecule has 44 heavy (non-hydrogen) atoms. The van der Waals surface area contributed by atoms with Crippen LogP contribution in [0.15, 0.2) is 30.3 Å². The summed E-state index contributed by atoms with van der Waals surface area (Å²) < 4.78 is 5.92. The highest BCUT2D eigenvalue weighted by Crippen LogP contribution is 2.29. The molecule has 0 saturated heterocycles. The number of carbonyl (C=O) groups excluding carboxylic acids is 4. The Labute approximate surface area is 255 Å². The molecule has 0 amide bonds. The minimum atomic E-state index is -1.52. The number of carbonyl (C=O) groups is 4. The van der Waals surface area contributed by atoms with Crippen LogP contribution in [0.1, 0.15) is 42.8 Å². The maximum atomic E-state index is 11.2. The van der Waals surface area contributed by atoms with Gasteiger partial charge < -0.3 is 55.0 Å². The van der Waals surface area contributed by atoms with E-state index in [0.29, 0.717) is 36.4 Å². The monoisotopic (exact) mass is 609 g/mol. The van der Waals surface area contributed by atoms with E-state index >= 15 is 0 Å². The number of anilines is 1. The fourth-order valence-corrected chi connectivity index (χ4v) is 4.35. The molecule has 0 saturated carbocycles. The number of nitrogens with two attached hydrogens (primary N) is 1. The Morgan fingerprint density at radius 3 is 1.68 bits per heavy atom. The van der Waals surface area contributed by atoms with Gasteiger partial charge in [0.1, 0.15) is 5.75 Å². The summed E-state index contributed by atoms with van der Waals surface area (Å²) in [6.07, 6.45) is 0.693. The van der Waals surface area contributed by atoms with Crippen LogP contribution in [0.3, 0.4) is 0 Å². The Morgan fingerprint density at radius 1 is 0.773 bits per heavy atom. The molecule has 0 bridgehead atoms. The van der Waals surface area contributed by atoms with E-state index in [0.717, 1.165) is 28.6 Å². The van der Waals surface area contributed by atoms with Crippen molar-refractivity contribution in [2.24, 2.45) is 5.73 Å². The molecular weight excluding hydrogens is 574 g/mol. The smallest absolute Gasteiger partial charge is 0.142 e. The van der Waals surface area contributed by atoms with Crippen molar-refractivity contribution < 1.29 is 44.3 Å². The molecule has 1 heterocycles. The zero-order valence-electron chi connectivity index (χ0n) is 24.7. The van der Waals surface area contributed by atoms with Crippen LogP contribution in [-0.4, -0.2) is 91.1 Å². The van der Waals surface area contributed by atoms with E-state index in [4.69, 9.17) is 10.5 Å². The zero-order chi connectivity index (χ0) is 32.6. The van der Waals surface area contributed by atoms with Gasteiger partial charge in [0.2, 0.25) is 0 Å². The van der Waals surface area contributed by atoms with E-state index in [1.54, 1.807) is 6.07 Å². The largest absolute Gasteiger partial charge is 0.549 e. The fourth-order valence-electron chi connectivity index (χ4n) is 4.35. The number of aromatic nitrogens is 1. The maximum absolute atomic E-state index is 11.2. The number of carboxylic acid groups (broad SMARTS) is 4. The Kier molecular flexibility index (Phi) is 14.6. The average molecular weight is 610 g/mol. The van der Waals surface area contributed by atoms with Crippen LogP contribution in [0, 0.1) is 11.8 Å². The normalized spacial score (nSPS) is 10.8. The molecule has 0 spiro atoms. The molecule has 1 aromatic heterocycles. The first-order chi connectivity index (χ1) is 20.9. The second-order valence-corrected chi connectivity index (χ2v) is 9.71. The molecule has 14 heteroatoms. The molecule has 2 rings (SSSR count). The van der Waals surface area contributed by atoms with Gasteiger partial charge in [-0.2, -0.15) is 0 Å². The van der Waals surface area contributed by atoms with Crippen molar-refractivity contribution in [2.45, 2.75) is 33.4 Å². The van der Waals surface area contributed by atoms with Gasteiger partial charge in [0, 0.05) is 63.5 Å². The second-order valence-electron chi connectivity index (χ2n) is 9.71. The molecule has 2 aromatic rings. The van der Waals surface area contributed by atoms with Crippen molar-refractivity contribution in [3.8, 4) is 17.6 Å². The van der Waals surface area contributed by atoms with Gasteiger partial charge in [0.05, 0.1) is 47.6 Å². The fraction of sp³-hybridized carbons (Fsp3) is 0.433. The van der Waals surface area contributed by atoms with E-state index in [1.165, 1.54) is 12.1 Å². The molecule has 2 N–H and O–H groups in total. The highest BCUT2D eigenvalue weighted by molar-refractivity contribution is 5.71. The van der Waals surface area contributed by atoms with Crippen molar-refractivity contribution in [3.05, 3.63) is 52.8 Å². The topological polar surface area (TPSA) is 218 Å². The predicted octanol–water partition coefficient (Wildman–Crippen LogP) is -4.34.